The summed E-state index contributed by atoms with van der Waals surface area (Å²) in [5, 5.41) is 6.00. The fourth-order valence-corrected chi connectivity index (χ4v) is 2.48. The van der Waals surface area contributed by atoms with Crippen molar-refractivity contribution in [3.8, 4) is 0 Å². The van der Waals surface area contributed by atoms with Gasteiger partial charge in [-0.25, -0.2) is 0 Å². The molecule has 0 bridgehead atoms. The van der Waals surface area contributed by atoms with Gasteiger partial charge in [-0.2, -0.15) is 0 Å². The SMILES string of the molecule is CCC1C(=O)NCCN1C(=O)C1CCNC1. The highest BCUT2D eigenvalue weighted by molar-refractivity contribution is 5.89. The van der Waals surface area contributed by atoms with Crippen LogP contribution in [0.25, 0.3) is 0 Å². The summed E-state index contributed by atoms with van der Waals surface area (Å²) in [6.07, 6.45) is 1.59. The van der Waals surface area contributed by atoms with Gasteiger partial charge in [0.2, 0.25) is 11.8 Å². The lowest BCUT2D eigenvalue weighted by Gasteiger charge is -2.36. The molecule has 0 spiro atoms. The molecule has 5 nitrogen and oxygen atoms in total. The first-order chi connectivity index (χ1) is 7.74. The van der Waals surface area contributed by atoms with E-state index in [1.807, 2.05) is 6.92 Å². The zero-order chi connectivity index (χ0) is 11.5. The molecule has 5 heteroatoms. The lowest BCUT2D eigenvalue weighted by Crippen LogP contribution is -2.58. The van der Waals surface area contributed by atoms with Crippen molar-refractivity contribution < 1.29 is 9.59 Å². The Hall–Kier alpha value is -1.10. The predicted octanol–water partition coefficient (Wildman–Crippen LogP) is -0.667. The van der Waals surface area contributed by atoms with Crippen LogP contribution in [0.15, 0.2) is 0 Å². The van der Waals surface area contributed by atoms with Gasteiger partial charge in [0.1, 0.15) is 6.04 Å². The van der Waals surface area contributed by atoms with Crippen molar-refractivity contribution in [1.29, 1.82) is 0 Å². The fraction of sp³-hybridized carbons (Fsp3) is 0.818. The summed E-state index contributed by atoms with van der Waals surface area (Å²) < 4.78 is 0. The van der Waals surface area contributed by atoms with Crippen molar-refractivity contribution in [2.24, 2.45) is 5.92 Å². The second-order valence-electron chi connectivity index (χ2n) is 4.44. The summed E-state index contributed by atoms with van der Waals surface area (Å²) in [7, 11) is 0. The molecule has 2 atom stereocenters. The van der Waals surface area contributed by atoms with Gasteiger partial charge in [-0.3, -0.25) is 9.59 Å². The average Bonchev–Trinajstić information content (AvgIpc) is 2.81. The zero-order valence-corrected chi connectivity index (χ0v) is 9.66. The largest absolute Gasteiger partial charge is 0.353 e. The summed E-state index contributed by atoms with van der Waals surface area (Å²) in [5.74, 6) is 0.208. The number of hydrogen-bond acceptors (Lipinski definition) is 3. The number of nitrogens with zero attached hydrogens (tertiary/aromatic N) is 1. The van der Waals surface area contributed by atoms with E-state index in [4.69, 9.17) is 0 Å². The minimum atomic E-state index is -0.262. The van der Waals surface area contributed by atoms with Gasteiger partial charge in [0.25, 0.3) is 0 Å². The number of piperazine rings is 1. The average molecular weight is 225 g/mol. The molecular weight excluding hydrogens is 206 g/mol. The Morgan fingerprint density at radius 2 is 2.31 bits per heavy atom. The normalized spacial score (nSPS) is 30.3. The fourth-order valence-electron chi connectivity index (χ4n) is 2.48. The predicted molar refractivity (Wildman–Crippen MR) is 59.8 cm³/mol. The summed E-state index contributed by atoms with van der Waals surface area (Å²) in [5.41, 5.74) is 0. The third-order valence-corrected chi connectivity index (χ3v) is 3.41. The monoisotopic (exact) mass is 225 g/mol. The van der Waals surface area contributed by atoms with Crippen molar-refractivity contribution in [2.75, 3.05) is 26.2 Å². The lowest BCUT2D eigenvalue weighted by atomic mass is 10.0. The zero-order valence-electron chi connectivity index (χ0n) is 9.66. The van der Waals surface area contributed by atoms with E-state index in [1.54, 1.807) is 4.90 Å². The van der Waals surface area contributed by atoms with Crippen LogP contribution < -0.4 is 10.6 Å². The van der Waals surface area contributed by atoms with Crippen LogP contribution in [0.4, 0.5) is 0 Å². The van der Waals surface area contributed by atoms with E-state index < -0.39 is 0 Å². The van der Waals surface area contributed by atoms with Gasteiger partial charge in [0.15, 0.2) is 0 Å². The van der Waals surface area contributed by atoms with Crippen molar-refractivity contribution in [3.05, 3.63) is 0 Å². The van der Waals surface area contributed by atoms with Crippen LogP contribution in [-0.4, -0.2) is 48.9 Å². The smallest absolute Gasteiger partial charge is 0.242 e. The first-order valence-electron chi connectivity index (χ1n) is 6.03. The molecule has 2 fully saturated rings. The molecule has 2 aliphatic heterocycles. The highest BCUT2D eigenvalue weighted by Gasteiger charge is 2.35. The van der Waals surface area contributed by atoms with Gasteiger partial charge in [0.05, 0.1) is 5.92 Å². The maximum Gasteiger partial charge on any atom is 0.242 e. The number of nitrogens with one attached hydrogen (secondary N) is 2. The van der Waals surface area contributed by atoms with Crippen LogP contribution in [0.5, 0.6) is 0 Å². The van der Waals surface area contributed by atoms with E-state index in [0.717, 1.165) is 19.5 Å². The Balaban J connectivity index is 2.05. The first-order valence-corrected chi connectivity index (χ1v) is 6.03. The molecule has 90 valence electrons. The second kappa shape index (κ2) is 4.82. The van der Waals surface area contributed by atoms with Gasteiger partial charge >= 0.3 is 0 Å². The van der Waals surface area contributed by atoms with Crippen LogP contribution in [0.2, 0.25) is 0 Å². The minimum Gasteiger partial charge on any atom is -0.353 e. The Kier molecular flexibility index (Phi) is 3.43. The third-order valence-electron chi connectivity index (χ3n) is 3.41. The standard InChI is InChI=1S/C11H19N3O2/c1-2-9-10(15)13-5-6-14(9)11(16)8-3-4-12-7-8/h8-9,12H,2-7H2,1H3,(H,13,15). The molecule has 2 heterocycles. The van der Waals surface area contributed by atoms with E-state index >= 15 is 0 Å². The Morgan fingerprint density at radius 1 is 1.50 bits per heavy atom. The summed E-state index contributed by atoms with van der Waals surface area (Å²) in [4.78, 5) is 25.6. The molecule has 16 heavy (non-hydrogen) atoms. The van der Waals surface area contributed by atoms with Gasteiger partial charge in [-0.05, 0) is 19.4 Å². The van der Waals surface area contributed by atoms with E-state index in [0.29, 0.717) is 19.5 Å². The summed E-state index contributed by atoms with van der Waals surface area (Å²) in [6.45, 7) is 4.85. The number of rotatable bonds is 2. The third kappa shape index (κ3) is 2.04. The van der Waals surface area contributed by atoms with Crippen LogP contribution in [-0.2, 0) is 9.59 Å². The minimum absolute atomic E-state index is 0.00643. The Bertz CT molecular complexity index is 287. The maximum atomic E-state index is 12.2. The molecule has 2 amide bonds. The quantitative estimate of drug-likeness (QED) is 0.655. The molecule has 2 saturated heterocycles. The highest BCUT2D eigenvalue weighted by Crippen LogP contribution is 2.16. The van der Waals surface area contributed by atoms with E-state index in [2.05, 4.69) is 10.6 Å². The highest BCUT2D eigenvalue weighted by atomic mass is 16.2. The van der Waals surface area contributed by atoms with Crippen molar-refractivity contribution in [1.82, 2.24) is 15.5 Å². The van der Waals surface area contributed by atoms with Gasteiger partial charge in [-0.15, -0.1) is 0 Å². The Morgan fingerprint density at radius 3 is 2.94 bits per heavy atom. The summed E-state index contributed by atoms with van der Waals surface area (Å²) >= 11 is 0. The van der Waals surface area contributed by atoms with Crippen LogP contribution in [0, 0.1) is 5.92 Å². The molecule has 0 saturated carbocycles. The number of amides is 2. The molecule has 0 aromatic heterocycles. The van der Waals surface area contributed by atoms with Crippen LogP contribution in [0.3, 0.4) is 0 Å². The molecular formula is C11H19N3O2. The number of carbonyl (C=O) groups excluding carboxylic acids is 2. The van der Waals surface area contributed by atoms with Crippen LogP contribution in [0.1, 0.15) is 19.8 Å². The van der Waals surface area contributed by atoms with E-state index in [9.17, 15) is 9.59 Å². The summed E-state index contributed by atoms with van der Waals surface area (Å²) in [6, 6.07) is -0.262. The first kappa shape index (κ1) is 11.4. The van der Waals surface area contributed by atoms with Gasteiger partial charge < -0.3 is 15.5 Å². The number of hydrogen-bond donors (Lipinski definition) is 2. The van der Waals surface area contributed by atoms with Crippen molar-refractivity contribution in [3.63, 3.8) is 0 Å². The molecule has 0 radical (unpaired) electrons. The van der Waals surface area contributed by atoms with Crippen molar-refractivity contribution >= 4 is 11.8 Å². The van der Waals surface area contributed by atoms with Crippen molar-refractivity contribution in [2.45, 2.75) is 25.8 Å². The topological polar surface area (TPSA) is 61.4 Å². The lowest BCUT2D eigenvalue weighted by molar-refractivity contribution is -0.145. The molecule has 2 rings (SSSR count). The Labute approximate surface area is 95.6 Å². The molecule has 2 unspecified atom stereocenters. The second-order valence-corrected chi connectivity index (χ2v) is 4.44. The van der Waals surface area contributed by atoms with Gasteiger partial charge in [-0.1, -0.05) is 6.92 Å². The molecule has 0 aliphatic carbocycles. The van der Waals surface area contributed by atoms with E-state index in [-0.39, 0.29) is 23.8 Å². The molecule has 0 aromatic rings. The maximum absolute atomic E-state index is 12.2. The molecule has 2 aliphatic rings. The molecule has 0 aromatic carbocycles. The van der Waals surface area contributed by atoms with E-state index in [1.165, 1.54) is 0 Å². The van der Waals surface area contributed by atoms with Crippen LogP contribution >= 0.6 is 0 Å². The molecule has 2 N–H and O–H groups in total. The van der Waals surface area contributed by atoms with Gasteiger partial charge in [0, 0.05) is 19.6 Å². The number of carbonyl (C=O) groups is 2.